The van der Waals surface area contributed by atoms with Crippen LogP contribution >= 0.6 is 0 Å². The molecule has 2 aliphatic rings. The Kier molecular flexibility index (Phi) is 4.18. The summed E-state index contributed by atoms with van der Waals surface area (Å²) in [6.07, 6.45) is 9.26. The van der Waals surface area contributed by atoms with Crippen LogP contribution in [0.25, 0.3) is 0 Å². The molecule has 0 saturated heterocycles. The summed E-state index contributed by atoms with van der Waals surface area (Å²) in [4.78, 5) is 15.6. The third kappa shape index (κ3) is 3.19. The standard InChI is InChI=1S/C12H22N2O2/c13-12(15)8-16-14-11-6-5-9-3-1-2-4-10(9)7-11/h9-11,14H,1-8H2,(H2,13,15). The molecular weight excluding hydrogens is 204 g/mol. The molecular formula is C12H22N2O2. The highest BCUT2D eigenvalue weighted by atomic mass is 16.6. The molecule has 0 aromatic carbocycles. The number of hydrogen-bond donors (Lipinski definition) is 2. The number of hydroxylamine groups is 1. The van der Waals surface area contributed by atoms with E-state index in [1.54, 1.807) is 0 Å². The molecule has 3 unspecified atom stereocenters. The first-order valence-corrected chi connectivity index (χ1v) is 6.41. The number of nitrogens with one attached hydrogen (secondary N) is 1. The zero-order valence-electron chi connectivity index (χ0n) is 9.78. The fraction of sp³-hybridized carbons (Fsp3) is 0.917. The molecule has 92 valence electrons. The second-order valence-corrected chi connectivity index (χ2v) is 5.19. The van der Waals surface area contributed by atoms with Crippen LogP contribution in [0.4, 0.5) is 0 Å². The van der Waals surface area contributed by atoms with Gasteiger partial charge in [-0.1, -0.05) is 25.7 Å². The van der Waals surface area contributed by atoms with E-state index in [1.807, 2.05) is 0 Å². The molecule has 2 fully saturated rings. The molecule has 0 spiro atoms. The SMILES string of the molecule is NC(=O)CONC1CCC2CCCCC2C1. The van der Waals surface area contributed by atoms with Crippen LogP contribution in [0, 0.1) is 11.8 Å². The summed E-state index contributed by atoms with van der Waals surface area (Å²) in [7, 11) is 0. The fourth-order valence-electron chi connectivity index (χ4n) is 3.21. The second kappa shape index (κ2) is 5.64. The van der Waals surface area contributed by atoms with Crippen molar-refractivity contribution in [1.29, 1.82) is 0 Å². The van der Waals surface area contributed by atoms with E-state index in [9.17, 15) is 4.79 Å². The highest BCUT2D eigenvalue weighted by Crippen LogP contribution is 2.40. The first-order chi connectivity index (χ1) is 7.75. The Labute approximate surface area is 96.9 Å². The Hall–Kier alpha value is -0.610. The quantitative estimate of drug-likeness (QED) is 0.711. The number of hydrogen-bond acceptors (Lipinski definition) is 3. The van der Waals surface area contributed by atoms with Crippen molar-refractivity contribution in [2.45, 2.75) is 51.0 Å². The van der Waals surface area contributed by atoms with Gasteiger partial charge in [-0.15, -0.1) is 0 Å². The van der Waals surface area contributed by atoms with Gasteiger partial charge in [-0.05, 0) is 31.1 Å². The van der Waals surface area contributed by atoms with Crippen molar-refractivity contribution in [3.63, 3.8) is 0 Å². The number of carbonyl (C=O) groups is 1. The topological polar surface area (TPSA) is 64.4 Å². The van der Waals surface area contributed by atoms with Crippen LogP contribution in [-0.2, 0) is 9.63 Å². The molecule has 0 radical (unpaired) electrons. The molecule has 4 nitrogen and oxygen atoms in total. The lowest BCUT2D eigenvalue weighted by atomic mass is 9.69. The monoisotopic (exact) mass is 226 g/mol. The van der Waals surface area contributed by atoms with Crippen LogP contribution in [0.5, 0.6) is 0 Å². The predicted molar refractivity (Wildman–Crippen MR) is 61.4 cm³/mol. The van der Waals surface area contributed by atoms with Gasteiger partial charge >= 0.3 is 0 Å². The molecule has 2 saturated carbocycles. The lowest BCUT2D eigenvalue weighted by molar-refractivity contribution is -0.126. The number of carbonyl (C=O) groups excluding carboxylic acids is 1. The molecule has 16 heavy (non-hydrogen) atoms. The first-order valence-electron chi connectivity index (χ1n) is 6.41. The van der Waals surface area contributed by atoms with E-state index in [2.05, 4.69) is 5.48 Å². The zero-order chi connectivity index (χ0) is 11.4. The van der Waals surface area contributed by atoms with Gasteiger partial charge in [0, 0.05) is 6.04 Å². The minimum atomic E-state index is -0.418. The van der Waals surface area contributed by atoms with Crippen LogP contribution in [0.1, 0.15) is 44.9 Å². The molecule has 2 rings (SSSR count). The molecule has 0 bridgehead atoms. The summed E-state index contributed by atoms with van der Waals surface area (Å²) in [5.41, 5.74) is 8.00. The van der Waals surface area contributed by atoms with Crippen molar-refractivity contribution >= 4 is 5.91 Å². The van der Waals surface area contributed by atoms with Gasteiger partial charge in [0.15, 0.2) is 0 Å². The molecule has 3 N–H and O–H groups in total. The van der Waals surface area contributed by atoms with Crippen LogP contribution < -0.4 is 11.2 Å². The van der Waals surface area contributed by atoms with Crippen LogP contribution in [0.15, 0.2) is 0 Å². The Morgan fingerprint density at radius 1 is 1.19 bits per heavy atom. The van der Waals surface area contributed by atoms with E-state index < -0.39 is 5.91 Å². The number of amides is 1. The lowest BCUT2D eigenvalue weighted by Crippen LogP contribution is -2.40. The van der Waals surface area contributed by atoms with Crippen LogP contribution in [0.2, 0.25) is 0 Å². The third-order valence-corrected chi connectivity index (χ3v) is 4.00. The number of primary amides is 1. The summed E-state index contributed by atoms with van der Waals surface area (Å²) in [6, 6.07) is 0.415. The Morgan fingerprint density at radius 2 is 1.94 bits per heavy atom. The van der Waals surface area contributed by atoms with Crippen molar-refractivity contribution in [3.8, 4) is 0 Å². The van der Waals surface area contributed by atoms with Gasteiger partial charge in [0.1, 0.15) is 6.61 Å². The van der Waals surface area contributed by atoms with Crippen molar-refractivity contribution in [2.24, 2.45) is 17.6 Å². The molecule has 0 heterocycles. The lowest BCUT2D eigenvalue weighted by Gasteiger charge is -2.39. The van der Waals surface area contributed by atoms with Crippen molar-refractivity contribution in [3.05, 3.63) is 0 Å². The van der Waals surface area contributed by atoms with Crippen LogP contribution in [-0.4, -0.2) is 18.6 Å². The van der Waals surface area contributed by atoms with Gasteiger partial charge in [-0.25, -0.2) is 0 Å². The van der Waals surface area contributed by atoms with E-state index in [0.717, 1.165) is 11.8 Å². The molecule has 0 aromatic rings. The van der Waals surface area contributed by atoms with E-state index in [-0.39, 0.29) is 6.61 Å². The Balaban J connectivity index is 1.70. The molecule has 4 heteroatoms. The zero-order valence-corrected chi connectivity index (χ0v) is 9.78. The maximum absolute atomic E-state index is 10.5. The van der Waals surface area contributed by atoms with E-state index in [1.165, 1.54) is 44.9 Å². The molecule has 2 aliphatic carbocycles. The average Bonchev–Trinajstić information content (AvgIpc) is 2.28. The van der Waals surface area contributed by atoms with Crippen molar-refractivity contribution in [2.75, 3.05) is 6.61 Å². The summed E-state index contributed by atoms with van der Waals surface area (Å²) >= 11 is 0. The van der Waals surface area contributed by atoms with E-state index in [0.29, 0.717) is 6.04 Å². The van der Waals surface area contributed by atoms with Gasteiger partial charge in [0.05, 0.1) is 0 Å². The number of fused-ring (bicyclic) bond motifs is 1. The normalized spacial score (nSPS) is 34.4. The first kappa shape index (κ1) is 11.9. The van der Waals surface area contributed by atoms with Gasteiger partial charge in [-0.2, -0.15) is 5.48 Å². The summed E-state index contributed by atoms with van der Waals surface area (Å²) in [5, 5.41) is 0. The van der Waals surface area contributed by atoms with Gasteiger partial charge < -0.3 is 5.73 Å². The molecule has 3 atom stereocenters. The van der Waals surface area contributed by atoms with E-state index in [4.69, 9.17) is 10.6 Å². The smallest absolute Gasteiger partial charge is 0.245 e. The van der Waals surface area contributed by atoms with Gasteiger partial charge in [0.2, 0.25) is 5.91 Å². The largest absolute Gasteiger partial charge is 0.368 e. The number of nitrogens with two attached hydrogens (primary N) is 1. The molecule has 1 amide bonds. The minimum Gasteiger partial charge on any atom is -0.368 e. The second-order valence-electron chi connectivity index (χ2n) is 5.19. The van der Waals surface area contributed by atoms with Crippen LogP contribution in [0.3, 0.4) is 0 Å². The third-order valence-electron chi connectivity index (χ3n) is 4.00. The highest BCUT2D eigenvalue weighted by molar-refractivity contribution is 5.74. The summed E-state index contributed by atoms with van der Waals surface area (Å²) < 4.78 is 0. The predicted octanol–water partition coefficient (Wildman–Crippen LogP) is 1.35. The summed E-state index contributed by atoms with van der Waals surface area (Å²) in [5.74, 6) is 1.40. The van der Waals surface area contributed by atoms with Crippen molar-refractivity contribution in [1.82, 2.24) is 5.48 Å². The highest BCUT2D eigenvalue weighted by Gasteiger charge is 2.32. The Bertz CT molecular complexity index is 245. The van der Waals surface area contributed by atoms with Gasteiger partial charge in [-0.3, -0.25) is 9.63 Å². The minimum absolute atomic E-state index is 0.0232. The maximum Gasteiger partial charge on any atom is 0.245 e. The summed E-state index contributed by atoms with van der Waals surface area (Å²) in [6.45, 7) is -0.0232. The van der Waals surface area contributed by atoms with Crippen molar-refractivity contribution < 1.29 is 9.63 Å². The Morgan fingerprint density at radius 3 is 2.69 bits per heavy atom. The number of rotatable bonds is 4. The van der Waals surface area contributed by atoms with Gasteiger partial charge in [0.25, 0.3) is 0 Å². The van der Waals surface area contributed by atoms with E-state index >= 15 is 0 Å². The fourth-order valence-corrected chi connectivity index (χ4v) is 3.21. The molecule has 0 aromatic heterocycles. The maximum atomic E-state index is 10.5. The molecule has 0 aliphatic heterocycles. The average molecular weight is 226 g/mol.